The number of carbonyl (C=O) groups is 1. The molecule has 3 rings (SSSR count). The van der Waals surface area contributed by atoms with Crippen molar-refractivity contribution in [3.05, 3.63) is 53.2 Å². The van der Waals surface area contributed by atoms with Crippen LogP contribution in [0.5, 0.6) is 0 Å². The van der Waals surface area contributed by atoms with Crippen molar-refractivity contribution in [2.24, 2.45) is 7.05 Å². The summed E-state index contributed by atoms with van der Waals surface area (Å²) in [6.45, 7) is 0. The molecule has 0 aliphatic carbocycles. The number of hydrogen-bond acceptors (Lipinski definition) is 3. The summed E-state index contributed by atoms with van der Waals surface area (Å²) in [7, 11) is 1.81. The zero-order valence-corrected chi connectivity index (χ0v) is 11.7. The topological polar surface area (TPSA) is 59.8 Å². The molecule has 21 heavy (non-hydrogen) atoms. The highest BCUT2D eigenvalue weighted by Crippen LogP contribution is 2.20. The lowest BCUT2D eigenvalue weighted by atomic mass is 10.2. The van der Waals surface area contributed by atoms with Crippen molar-refractivity contribution in [3.8, 4) is 0 Å². The predicted molar refractivity (Wildman–Crippen MR) is 77.9 cm³/mol. The van der Waals surface area contributed by atoms with Gasteiger partial charge in [0.15, 0.2) is 5.65 Å². The molecule has 0 radical (unpaired) electrons. The maximum Gasteiger partial charge on any atom is 0.257 e. The first kappa shape index (κ1) is 13.5. The Bertz CT molecular complexity index is 846. The zero-order valence-electron chi connectivity index (χ0n) is 11.0. The Morgan fingerprint density at radius 1 is 1.33 bits per heavy atom. The fraction of sp³-hybridized carbons (Fsp3) is 0.0714. The van der Waals surface area contributed by atoms with Crippen molar-refractivity contribution in [3.63, 3.8) is 0 Å². The van der Waals surface area contributed by atoms with E-state index in [1.54, 1.807) is 17.0 Å². The Labute approximate surface area is 124 Å². The molecule has 0 fully saturated rings. The molecule has 1 N–H and O–H groups in total. The van der Waals surface area contributed by atoms with Gasteiger partial charge in [0.25, 0.3) is 5.91 Å². The van der Waals surface area contributed by atoms with Crippen molar-refractivity contribution in [1.82, 2.24) is 14.5 Å². The number of fused-ring (bicyclic) bond motifs is 1. The lowest BCUT2D eigenvalue weighted by Gasteiger charge is -2.06. The van der Waals surface area contributed by atoms with E-state index in [1.807, 2.05) is 7.05 Å². The summed E-state index contributed by atoms with van der Waals surface area (Å²) >= 11 is 5.66. The fourth-order valence-electron chi connectivity index (χ4n) is 1.93. The van der Waals surface area contributed by atoms with E-state index in [0.717, 1.165) is 6.07 Å². The molecule has 0 unspecified atom stereocenters. The summed E-state index contributed by atoms with van der Waals surface area (Å²) in [5, 5.41) is 2.74. The second kappa shape index (κ2) is 5.14. The van der Waals surface area contributed by atoms with Gasteiger partial charge >= 0.3 is 0 Å². The SMILES string of the molecule is Cn1cnc2cc(C(=O)Nc3ccc(Cl)cc3F)cnc21. The Morgan fingerprint density at radius 3 is 2.90 bits per heavy atom. The van der Waals surface area contributed by atoms with Gasteiger partial charge in [0, 0.05) is 18.3 Å². The molecule has 2 aromatic heterocycles. The number of rotatable bonds is 2. The maximum absolute atomic E-state index is 13.7. The first-order chi connectivity index (χ1) is 10.0. The molecule has 0 aliphatic rings. The Hall–Kier alpha value is -2.47. The molecule has 1 amide bonds. The van der Waals surface area contributed by atoms with Gasteiger partial charge in [0.1, 0.15) is 11.3 Å². The third-order valence-corrected chi connectivity index (χ3v) is 3.23. The van der Waals surface area contributed by atoms with Gasteiger partial charge in [0.2, 0.25) is 0 Å². The number of nitrogens with zero attached hydrogens (tertiary/aromatic N) is 3. The number of imidazole rings is 1. The number of nitrogens with one attached hydrogen (secondary N) is 1. The third-order valence-electron chi connectivity index (χ3n) is 2.99. The molecule has 3 aromatic rings. The molecular formula is C14H10ClFN4O. The van der Waals surface area contributed by atoms with Crippen LogP contribution in [0.2, 0.25) is 5.02 Å². The second-order valence-corrected chi connectivity index (χ2v) is 4.94. The summed E-state index contributed by atoms with van der Waals surface area (Å²) in [6, 6.07) is 5.64. The summed E-state index contributed by atoms with van der Waals surface area (Å²) in [5.41, 5.74) is 1.63. The quantitative estimate of drug-likeness (QED) is 0.791. The van der Waals surface area contributed by atoms with Crippen molar-refractivity contribution >= 4 is 34.4 Å². The van der Waals surface area contributed by atoms with Gasteiger partial charge in [-0.15, -0.1) is 0 Å². The van der Waals surface area contributed by atoms with Crippen molar-refractivity contribution in [2.45, 2.75) is 0 Å². The summed E-state index contributed by atoms with van der Waals surface area (Å²) in [4.78, 5) is 20.4. The minimum atomic E-state index is -0.595. The van der Waals surface area contributed by atoms with Gasteiger partial charge in [-0.3, -0.25) is 4.79 Å². The highest BCUT2D eigenvalue weighted by molar-refractivity contribution is 6.30. The lowest BCUT2D eigenvalue weighted by molar-refractivity contribution is 0.102. The van der Waals surface area contributed by atoms with Gasteiger partial charge in [-0.2, -0.15) is 0 Å². The summed E-state index contributed by atoms with van der Waals surface area (Å²) < 4.78 is 15.4. The average molecular weight is 305 g/mol. The van der Waals surface area contributed by atoms with E-state index in [-0.39, 0.29) is 10.7 Å². The molecule has 0 spiro atoms. The van der Waals surface area contributed by atoms with Crippen LogP contribution in [0.4, 0.5) is 10.1 Å². The van der Waals surface area contributed by atoms with Crippen molar-refractivity contribution < 1.29 is 9.18 Å². The van der Waals surface area contributed by atoms with Crippen LogP contribution in [0.1, 0.15) is 10.4 Å². The molecule has 0 saturated heterocycles. The van der Waals surface area contributed by atoms with E-state index in [0.29, 0.717) is 16.7 Å². The minimum absolute atomic E-state index is 0.0607. The van der Waals surface area contributed by atoms with Gasteiger partial charge in [-0.1, -0.05) is 11.6 Å². The van der Waals surface area contributed by atoms with E-state index in [9.17, 15) is 9.18 Å². The molecule has 5 nitrogen and oxygen atoms in total. The Balaban J connectivity index is 1.89. The average Bonchev–Trinajstić information content (AvgIpc) is 2.83. The number of aromatic nitrogens is 3. The van der Waals surface area contributed by atoms with Crippen LogP contribution in [0.3, 0.4) is 0 Å². The fourth-order valence-corrected chi connectivity index (χ4v) is 2.08. The lowest BCUT2D eigenvalue weighted by Crippen LogP contribution is -2.13. The zero-order chi connectivity index (χ0) is 15.0. The maximum atomic E-state index is 13.7. The van der Waals surface area contributed by atoms with E-state index in [1.165, 1.54) is 18.3 Å². The number of amides is 1. The van der Waals surface area contributed by atoms with Crippen LogP contribution < -0.4 is 5.32 Å². The smallest absolute Gasteiger partial charge is 0.257 e. The van der Waals surface area contributed by atoms with Gasteiger partial charge in [-0.25, -0.2) is 14.4 Å². The number of halogens is 2. The van der Waals surface area contributed by atoms with Crippen molar-refractivity contribution in [1.29, 1.82) is 0 Å². The molecule has 7 heteroatoms. The van der Waals surface area contributed by atoms with E-state index in [4.69, 9.17) is 11.6 Å². The largest absolute Gasteiger partial charge is 0.319 e. The summed E-state index contributed by atoms with van der Waals surface area (Å²) in [6.07, 6.45) is 3.03. The molecule has 1 aromatic carbocycles. The third kappa shape index (κ3) is 2.57. The predicted octanol–water partition coefficient (Wildman–Crippen LogP) is 3.01. The molecule has 0 aliphatic heterocycles. The number of carbonyl (C=O) groups excluding carboxylic acids is 1. The normalized spacial score (nSPS) is 10.8. The molecule has 0 saturated carbocycles. The first-order valence-electron chi connectivity index (χ1n) is 6.08. The highest BCUT2D eigenvalue weighted by atomic mass is 35.5. The van der Waals surface area contributed by atoms with Crippen LogP contribution in [0.15, 0.2) is 36.8 Å². The number of anilines is 1. The molecule has 0 atom stereocenters. The van der Waals surface area contributed by atoms with Crippen LogP contribution in [0, 0.1) is 5.82 Å². The molecule has 106 valence electrons. The van der Waals surface area contributed by atoms with E-state index < -0.39 is 11.7 Å². The van der Waals surface area contributed by atoms with Gasteiger partial charge in [0.05, 0.1) is 17.6 Å². The van der Waals surface area contributed by atoms with Crippen molar-refractivity contribution in [2.75, 3.05) is 5.32 Å². The van der Waals surface area contributed by atoms with Crippen LogP contribution in [0.25, 0.3) is 11.2 Å². The van der Waals surface area contributed by atoms with Gasteiger partial charge < -0.3 is 9.88 Å². The van der Waals surface area contributed by atoms with Gasteiger partial charge in [-0.05, 0) is 24.3 Å². The summed E-state index contributed by atoms with van der Waals surface area (Å²) in [5.74, 6) is -1.06. The second-order valence-electron chi connectivity index (χ2n) is 4.50. The Kier molecular flexibility index (Phi) is 3.31. The number of pyridine rings is 1. The van der Waals surface area contributed by atoms with Crippen LogP contribution in [-0.2, 0) is 7.05 Å². The van der Waals surface area contributed by atoms with E-state index >= 15 is 0 Å². The number of benzene rings is 1. The molecular weight excluding hydrogens is 295 g/mol. The first-order valence-corrected chi connectivity index (χ1v) is 6.46. The minimum Gasteiger partial charge on any atom is -0.319 e. The van der Waals surface area contributed by atoms with Crippen LogP contribution in [-0.4, -0.2) is 20.4 Å². The Morgan fingerprint density at radius 2 is 2.14 bits per heavy atom. The number of hydrogen-bond donors (Lipinski definition) is 1. The van der Waals surface area contributed by atoms with E-state index in [2.05, 4.69) is 15.3 Å². The van der Waals surface area contributed by atoms with Crippen LogP contribution >= 0.6 is 11.6 Å². The monoisotopic (exact) mass is 304 g/mol. The highest BCUT2D eigenvalue weighted by Gasteiger charge is 2.12. The molecule has 0 bridgehead atoms. The standard InChI is InChI=1S/C14H10ClFN4O/c1-20-7-18-12-4-8(6-17-13(12)20)14(21)19-11-3-2-9(15)5-10(11)16/h2-7H,1H3,(H,19,21). The molecule has 2 heterocycles. The number of aryl methyl sites for hydroxylation is 1.